The summed E-state index contributed by atoms with van der Waals surface area (Å²) in [6.45, 7) is 5.52. The second-order valence-electron chi connectivity index (χ2n) is 5.08. The standard InChI is InChI=1S/C12H21N3S/c1-8(2)7-15(3)12-14-10-6-4-5-9(13)11(10)16-12/h8-9H,4-7,13H2,1-3H3. The zero-order valence-electron chi connectivity index (χ0n) is 10.4. The van der Waals surface area contributed by atoms with Gasteiger partial charge in [0.25, 0.3) is 0 Å². The predicted octanol–water partition coefficient (Wildman–Crippen LogP) is 2.57. The summed E-state index contributed by atoms with van der Waals surface area (Å²) >= 11 is 1.78. The Bertz CT molecular complexity index is 359. The Morgan fingerprint density at radius 1 is 1.56 bits per heavy atom. The maximum Gasteiger partial charge on any atom is 0.185 e. The smallest absolute Gasteiger partial charge is 0.185 e. The van der Waals surface area contributed by atoms with Gasteiger partial charge in [-0.1, -0.05) is 13.8 Å². The van der Waals surface area contributed by atoms with Crippen molar-refractivity contribution in [2.45, 2.75) is 39.2 Å². The van der Waals surface area contributed by atoms with E-state index in [1.54, 1.807) is 11.3 Å². The third-order valence-electron chi connectivity index (χ3n) is 2.95. The Morgan fingerprint density at radius 2 is 2.31 bits per heavy atom. The second-order valence-corrected chi connectivity index (χ2v) is 6.09. The number of thiazole rings is 1. The van der Waals surface area contributed by atoms with Crippen molar-refractivity contribution < 1.29 is 0 Å². The topological polar surface area (TPSA) is 42.2 Å². The molecule has 90 valence electrons. The van der Waals surface area contributed by atoms with Gasteiger partial charge in [-0.25, -0.2) is 4.98 Å². The Hall–Kier alpha value is -0.610. The van der Waals surface area contributed by atoms with Crippen LogP contribution in [0.2, 0.25) is 0 Å². The minimum Gasteiger partial charge on any atom is -0.351 e. The molecule has 1 aromatic heterocycles. The average molecular weight is 239 g/mol. The molecule has 1 heterocycles. The number of hydrogen-bond acceptors (Lipinski definition) is 4. The van der Waals surface area contributed by atoms with Crippen LogP contribution in [-0.2, 0) is 6.42 Å². The molecule has 0 aromatic carbocycles. The molecule has 0 saturated heterocycles. The maximum absolute atomic E-state index is 6.11. The van der Waals surface area contributed by atoms with Crippen LogP contribution >= 0.6 is 11.3 Å². The molecule has 0 fully saturated rings. The molecule has 0 bridgehead atoms. The van der Waals surface area contributed by atoms with Crippen LogP contribution in [0.5, 0.6) is 0 Å². The van der Waals surface area contributed by atoms with Crippen LogP contribution in [0.15, 0.2) is 0 Å². The lowest BCUT2D eigenvalue weighted by molar-refractivity contribution is 0.573. The molecule has 1 unspecified atom stereocenters. The highest BCUT2D eigenvalue weighted by Gasteiger charge is 2.22. The summed E-state index contributed by atoms with van der Waals surface area (Å²) in [4.78, 5) is 8.29. The van der Waals surface area contributed by atoms with E-state index in [1.807, 2.05) is 0 Å². The SMILES string of the molecule is CC(C)CN(C)c1nc2c(s1)C(N)CCC2. The Kier molecular flexibility index (Phi) is 3.50. The van der Waals surface area contributed by atoms with Gasteiger partial charge in [-0.3, -0.25) is 0 Å². The van der Waals surface area contributed by atoms with E-state index in [0.717, 1.165) is 24.5 Å². The van der Waals surface area contributed by atoms with E-state index in [2.05, 4.69) is 25.8 Å². The van der Waals surface area contributed by atoms with Gasteiger partial charge < -0.3 is 10.6 Å². The van der Waals surface area contributed by atoms with E-state index >= 15 is 0 Å². The summed E-state index contributed by atoms with van der Waals surface area (Å²) in [6, 6.07) is 0.224. The van der Waals surface area contributed by atoms with E-state index in [-0.39, 0.29) is 6.04 Å². The maximum atomic E-state index is 6.11. The number of aromatic nitrogens is 1. The summed E-state index contributed by atoms with van der Waals surface area (Å²) in [7, 11) is 2.12. The number of anilines is 1. The molecule has 1 atom stereocenters. The molecular formula is C12H21N3S. The molecule has 1 aliphatic rings. The van der Waals surface area contributed by atoms with E-state index in [4.69, 9.17) is 10.7 Å². The molecule has 3 nitrogen and oxygen atoms in total. The minimum atomic E-state index is 0.224. The number of nitrogens with zero attached hydrogens (tertiary/aromatic N) is 2. The van der Waals surface area contributed by atoms with E-state index in [1.165, 1.54) is 17.0 Å². The predicted molar refractivity (Wildman–Crippen MR) is 70.1 cm³/mol. The second kappa shape index (κ2) is 4.72. The van der Waals surface area contributed by atoms with Gasteiger partial charge in [0.05, 0.1) is 5.69 Å². The van der Waals surface area contributed by atoms with E-state index in [9.17, 15) is 0 Å². The molecule has 16 heavy (non-hydrogen) atoms. The molecule has 0 saturated carbocycles. The Morgan fingerprint density at radius 3 is 2.94 bits per heavy atom. The molecule has 0 aliphatic heterocycles. The fraction of sp³-hybridized carbons (Fsp3) is 0.750. The monoisotopic (exact) mass is 239 g/mol. The van der Waals surface area contributed by atoms with Crippen LogP contribution in [-0.4, -0.2) is 18.6 Å². The summed E-state index contributed by atoms with van der Waals surface area (Å²) in [5.41, 5.74) is 7.36. The number of rotatable bonds is 3. The lowest BCUT2D eigenvalue weighted by Crippen LogP contribution is -2.22. The summed E-state index contributed by atoms with van der Waals surface area (Å²) in [5, 5.41) is 1.14. The van der Waals surface area contributed by atoms with Gasteiger partial charge in [-0.2, -0.15) is 0 Å². The van der Waals surface area contributed by atoms with E-state index < -0.39 is 0 Å². The molecule has 2 rings (SSSR count). The molecular weight excluding hydrogens is 218 g/mol. The number of fused-ring (bicyclic) bond motifs is 1. The van der Waals surface area contributed by atoms with Crippen molar-refractivity contribution in [1.29, 1.82) is 0 Å². The summed E-state index contributed by atoms with van der Waals surface area (Å²) in [5.74, 6) is 0.666. The first-order valence-corrected chi connectivity index (χ1v) is 6.86. The minimum absolute atomic E-state index is 0.224. The number of nitrogens with two attached hydrogens (primary N) is 1. The van der Waals surface area contributed by atoms with Gasteiger partial charge in [-0.05, 0) is 25.2 Å². The Balaban J connectivity index is 2.17. The van der Waals surface area contributed by atoms with Gasteiger partial charge in [0.15, 0.2) is 5.13 Å². The quantitative estimate of drug-likeness (QED) is 0.881. The van der Waals surface area contributed by atoms with Crippen LogP contribution in [0.4, 0.5) is 5.13 Å². The van der Waals surface area contributed by atoms with Crippen LogP contribution < -0.4 is 10.6 Å². The highest BCUT2D eigenvalue weighted by atomic mass is 32.1. The van der Waals surface area contributed by atoms with Gasteiger partial charge in [0, 0.05) is 24.5 Å². The van der Waals surface area contributed by atoms with Gasteiger partial charge in [0.2, 0.25) is 0 Å². The molecule has 0 radical (unpaired) electrons. The van der Waals surface area contributed by atoms with Gasteiger partial charge in [-0.15, -0.1) is 11.3 Å². The van der Waals surface area contributed by atoms with Crippen LogP contribution in [0.3, 0.4) is 0 Å². The van der Waals surface area contributed by atoms with Gasteiger partial charge in [0.1, 0.15) is 0 Å². The molecule has 1 aromatic rings. The highest BCUT2D eigenvalue weighted by molar-refractivity contribution is 7.15. The summed E-state index contributed by atoms with van der Waals surface area (Å²) in [6.07, 6.45) is 3.41. The third-order valence-corrected chi connectivity index (χ3v) is 4.29. The van der Waals surface area contributed by atoms with Crippen molar-refractivity contribution in [1.82, 2.24) is 4.98 Å². The lowest BCUT2D eigenvalue weighted by Gasteiger charge is -2.17. The molecule has 2 N–H and O–H groups in total. The van der Waals surface area contributed by atoms with Crippen molar-refractivity contribution >= 4 is 16.5 Å². The van der Waals surface area contributed by atoms with E-state index in [0.29, 0.717) is 5.92 Å². The van der Waals surface area contributed by atoms with Crippen LogP contribution in [0.1, 0.15) is 43.3 Å². The first-order chi connectivity index (χ1) is 7.58. The molecule has 4 heteroatoms. The fourth-order valence-corrected chi connectivity index (χ4v) is 3.35. The fourth-order valence-electron chi connectivity index (χ4n) is 2.23. The van der Waals surface area contributed by atoms with Crippen LogP contribution in [0.25, 0.3) is 0 Å². The number of hydrogen-bond donors (Lipinski definition) is 1. The van der Waals surface area contributed by atoms with Crippen molar-refractivity contribution in [2.75, 3.05) is 18.5 Å². The normalized spacial score (nSPS) is 19.9. The highest BCUT2D eigenvalue weighted by Crippen LogP contribution is 2.36. The molecule has 0 amide bonds. The van der Waals surface area contributed by atoms with Crippen molar-refractivity contribution in [3.63, 3.8) is 0 Å². The third kappa shape index (κ3) is 2.38. The van der Waals surface area contributed by atoms with Crippen molar-refractivity contribution in [2.24, 2.45) is 11.7 Å². The lowest BCUT2D eigenvalue weighted by atomic mass is 9.99. The molecule has 1 aliphatic carbocycles. The zero-order chi connectivity index (χ0) is 11.7. The number of aryl methyl sites for hydroxylation is 1. The van der Waals surface area contributed by atoms with Crippen molar-refractivity contribution in [3.05, 3.63) is 10.6 Å². The van der Waals surface area contributed by atoms with Crippen LogP contribution in [0, 0.1) is 5.92 Å². The molecule has 0 spiro atoms. The largest absolute Gasteiger partial charge is 0.351 e. The van der Waals surface area contributed by atoms with Gasteiger partial charge >= 0.3 is 0 Å². The average Bonchev–Trinajstić information content (AvgIpc) is 2.61. The first kappa shape index (κ1) is 11.9. The van der Waals surface area contributed by atoms with Crippen molar-refractivity contribution in [3.8, 4) is 0 Å². The zero-order valence-corrected chi connectivity index (χ0v) is 11.2. The Labute approximate surface area is 102 Å². The summed E-state index contributed by atoms with van der Waals surface area (Å²) < 4.78 is 0. The first-order valence-electron chi connectivity index (χ1n) is 6.04.